The van der Waals surface area contributed by atoms with Crippen molar-refractivity contribution in [2.24, 2.45) is 0 Å². The molecule has 3 aromatic rings. The fraction of sp³-hybridized carbons (Fsp3) is 0.455. The van der Waals surface area contributed by atoms with Crippen molar-refractivity contribution < 1.29 is 13.2 Å². The van der Waals surface area contributed by atoms with Gasteiger partial charge in [0.15, 0.2) is 0 Å². The number of tetrazole rings is 1. The maximum Gasteiger partial charge on any atom is 0.417 e. The summed E-state index contributed by atoms with van der Waals surface area (Å²) in [6.07, 6.45) is -0.297. The highest BCUT2D eigenvalue weighted by Crippen LogP contribution is 2.29. The SMILES string of the molecule is FC(F)(F)c1ccc(N2CCN(CCCCCn3nnc(-c4ccccc4)n3)CC2)nc1. The molecule has 0 saturated carbocycles. The number of pyridine rings is 1. The first-order valence-electron chi connectivity index (χ1n) is 10.8. The minimum Gasteiger partial charge on any atom is -0.354 e. The highest BCUT2D eigenvalue weighted by atomic mass is 19.4. The molecule has 0 spiro atoms. The molecule has 0 bridgehead atoms. The predicted molar refractivity (Wildman–Crippen MR) is 115 cm³/mol. The molecule has 2 aromatic heterocycles. The number of unbranched alkanes of at least 4 members (excludes halogenated alkanes) is 2. The van der Waals surface area contributed by atoms with Gasteiger partial charge in [-0.3, -0.25) is 4.90 Å². The molecule has 7 nitrogen and oxygen atoms in total. The van der Waals surface area contributed by atoms with Crippen LogP contribution < -0.4 is 4.90 Å². The lowest BCUT2D eigenvalue weighted by molar-refractivity contribution is -0.137. The maximum absolute atomic E-state index is 12.7. The van der Waals surface area contributed by atoms with E-state index in [-0.39, 0.29) is 0 Å². The summed E-state index contributed by atoms with van der Waals surface area (Å²) in [5, 5.41) is 12.7. The van der Waals surface area contributed by atoms with Crippen molar-refractivity contribution in [3.63, 3.8) is 0 Å². The normalized spacial score (nSPS) is 15.3. The molecule has 170 valence electrons. The summed E-state index contributed by atoms with van der Waals surface area (Å²) in [5.41, 5.74) is 0.252. The van der Waals surface area contributed by atoms with E-state index < -0.39 is 11.7 Å². The number of alkyl halides is 3. The molecule has 1 aliphatic rings. The lowest BCUT2D eigenvalue weighted by Crippen LogP contribution is -2.46. The Labute approximate surface area is 184 Å². The Kier molecular flexibility index (Phi) is 6.99. The van der Waals surface area contributed by atoms with Crippen LogP contribution in [0.1, 0.15) is 24.8 Å². The zero-order valence-electron chi connectivity index (χ0n) is 17.7. The Morgan fingerprint density at radius 1 is 0.844 bits per heavy atom. The zero-order valence-corrected chi connectivity index (χ0v) is 17.7. The van der Waals surface area contributed by atoms with Crippen LogP contribution in [0.15, 0.2) is 48.7 Å². The summed E-state index contributed by atoms with van der Waals surface area (Å²) in [7, 11) is 0. The third kappa shape index (κ3) is 5.82. The van der Waals surface area contributed by atoms with Crippen LogP contribution in [0.4, 0.5) is 19.0 Å². The van der Waals surface area contributed by atoms with Gasteiger partial charge >= 0.3 is 6.18 Å². The largest absolute Gasteiger partial charge is 0.417 e. The average Bonchev–Trinajstić information content (AvgIpc) is 3.28. The first-order valence-corrected chi connectivity index (χ1v) is 10.8. The van der Waals surface area contributed by atoms with Crippen molar-refractivity contribution in [2.45, 2.75) is 32.0 Å². The molecular weight excluding hydrogens is 419 g/mol. The molecule has 0 unspecified atom stereocenters. The topological polar surface area (TPSA) is 63.0 Å². The summed E-state index contributed by atoms with van der Waals surface area (Å²) in [6.45, 7) is 5.05. The van der Waals surface area contributed by atoms with Gasteiger partial charge in [-0.15, -0.1) is 10.2 Å². The Morgan fingerprint density at radius 2 is 1.59 bits per heavy atom. The number of nitrogens with zero attached hydrogens (tertiary/aromatic N) is 7. The molecule has 4 rings (SSSR count). The van der Waals surface area contributed by atoms with E-state index in [1.807, 2.05) is 35.2 Å². The third-order valence-electron chi connectivity index (χ3n) is 5.59. The fourth-order valence-corrected chi connectivity index (χ4v) is 3.75. The number of benzene rings is 1. The first-order chi connectivity index (χ1) is 15.5. The van der Waals surface area contributed by atoms with Gasteiger partial charge in [0.1, 0.15) is 5.82 Å². The molecule has 32 heavy (non-hydrogen) atoms. The van der Waals surface area contributed by atoms with Gasteiger partial charge in [0.05, 0.1) is 12.1 Å². The van der Waals surface area contributed by atoms with Crippen molar-refractivity contribution in [1.82, 2.24) is 30.1 Å². The monoisotopic (exact) mass is 445 g/mol. The molecule has 1 saturated heterocycles. The Hall–Kier alpha value is -3.01. The fourth-order valence-electron chi connectivity index (χ4n) is 3.75. The number of aryl methyl sites for hydroxylation is 1. The number of anilines is 1. The number of aromatic nitrogens is 5. The number of halogens is 3. The zero-order chi connectivity index (χ0) is 22.4. The van der Waals surface area contributed by atoms with E-state index in [9.17, 15) is 13.2 Å². The Balaban J connectivity index is 1.13. The van der Waals surface area contributed by atoms with Crippen LogP contribution in [0.25, 0.3) is 11.4 Å². The Morgan fingerprint density at radius 3 is 2.28 bits per heavy atom. The summed E-state index contributed by atoms with van der Waals surface area (Å²) in [4.78, 5) is 10.1. The molecule has 3 heterocycles. The summed E-state index contributed by atoms with van der Waals surface area (Å²) in [6, 6.07) is 12.4. The van der Waals surface area contributed by atoms with Gasteiger partial charge in [-0.1, -0.05) is 36.8 Å². The van der Waals surface area contributed by atoms with Crippen LogP contribution in [0.2, 0.25) is 0 Å². The molecule has 1 aliphatic heterocycles. The summed E-state index contributed by atoms with van der Waals surface area (Å²) in [5.74, 6) is 1.25. The van der Waals surface area contributed by atoms with Crippen LogP contribution in [-0.2, 0) is 12.7 Å². The van der Waals surface area contributed by atoms with Crippen molar-refractivity contribution in [3.05, 3.63) is 54.2 Å². The number of hydrogen-bond acceptors (Lipinski definition) is 6. The molecule has 10 heteroatoms. The smallest absolute Gasteiger partial charge is 0.354 e. The molecule has 0 atom stereocenters. The number of rotatable bonds is 8. The van der Waals surface area contributed by atoms with E-state index in [0.29, 0.717) is 11.6 Å². The number of piperazine rings is 1. The Bertz CT molecular complexity index is 965. The van der Waals surface area contributed by atoms with Crippen LogP contribution >= 0.6 is 0 Å². The van der Waals surface area contributed by atoms with Crippen LogP contribution in [0.5, 0.6) is 0 Å². The third-order valence-corrected chi connectivity index (χ3v) is 5.59. The van der Waals surface area contributed by atoms with E-state index in [2.05, 4.69) is 25.3 Å². The highest BCUT2D eigenvalue weighted by Gasteiger charge is 2.31. The summed E-state index contributed by atoms with van der Waals surface area (Å²) < 4.78 is 38.0. The lowest BCUT2D eigenvalue weighted by Gasteiger charge is -2.35. The van der Waals surface area contributed by atoms with Crippen LogP contribution in [0, 0.1) is 0 Å². The van der Waals surface area contributed by atoms with Gasteiger partial charge < -0.3 is 4.90 Å². The average molecular weight is 445 g/mol. The minimum atomic E-state index is -4.35. The highest BCUT2D eigenvalue weighted by molar-refractivity contribution is 5.52. The van der Waals surface area contributed by atoms with Crippen LogP contribution in [0.3, 0.4) is 0 Å². The lowest BCUT2D eigenvalue weighted by atomic mass is 10.2. The summed E-state index contributed by atoms with van der Waals surface area (Å²) >= 11 is 0. The second-order valence-electron chi connectivity index (χ2n) is 7.87. The maximum atomic E-state index is 12.7. The van der Waals surface area contributed by atoms with Crippen molar-refractivity contribution >= 4 is 5.82 Å². The van der Waals surface area contributed by atoms with Gasteiger partial charge in [0, 0.05) is 37.9 Å². The molecular formula is C22H26F3N7. The van der Waals surface area contributed by atoms with E-state index in [4.69, 9.17) is 0 Å². The van der Waals surface area contributed by atoms with Gasteiger partial charge in [-0.05, 0) is 36.7 Å². The van der Waals surface area contributed by atoms with Gasteiger partial charge in [0.25, 0.3) is 0 Å². The van der Waals surface area contributed by atoms with E-state index in [0.717, 1.165) is 76.4 Å². The predicted octanol–water partition coefficient (Wildman–Crippen LogP) is 3.75. The van der Waals surface area contributed by atoms with Crippen LogP contribution in [-0.4, -0.2) is 62.8 Å². The molecule has 0 amide bonds. The second-order valence-corrected chi connectivity index (χ2v) is 7.87. The first kappa shape index (κ1) is 22.2. The van der Waals surface area contributed by atoms with E-state index in [1.54, 1.807) is 4.80 Å². The molecule has 0 aliphatic carbocycles. The number of hydrogen-bond donors (Lipinski definition) is 0. The standard InChI is InChI=1S/C22H26F3N7/c23-22(24,25)19-9-10-20(26-17-19)31-15-13-30(14-16-31)11-5-2-6-12-32-28-21(27-29-32)18-7-3-1-4-8-18/h1,3-4,7-10,17H,2,5-6,11-16H2. The van der Waals surface area contributed by atoms with Crippen molar-refractivity contribution in [2.75, 3.05) is 37.6 Å². The molecule has 0 N–H and O–H groups in total. The molecule has 0 radical (unpaired) electrons. The van der Waals surface area contributed by atoms with Gasteiger partial charge in [-0.2, -0.15) is 18.0 Å². The van der Waals surface area contributed by atoms with Gasteiger partial charge in [0.2, 0.25) is 5.82 Å². The van der Waals surface area contributed by atoms with Gasteiger partial charge in [-0.25, -0.2) is 4.98 Å². The molecule has 1 fully saturated rings. The minimum absolute atomic E-state index is 0.604. The van der Waals surface area contributed by atoms with Crippen molar-refractivity contribution in [1.29, 1.82) is 0 Å². The quantitative estimate of drug-likeness (QED) is 0.492. The van der Waals surface area contributed by atoms with E-state index in [1.165, 1.54) is 6.07 Å². The van der Waals surface area contributed by atoms with E-state index >= 15 is 0 Å². The molecule has 1 aromatic carbocycles. The van der Waals surface area contributed by atoms with Crippen molar-refractivity contribution in [3.8, 4) is 11.4 Å². The second kappa shape index (κ2) is 10.1.